The lowest BCUT2D eigenvalue weighted by molar-refractivity contribution is -0.123. The van der Waals surface area contributed by atoms with Gasteiger partial charge in [0.1, 0.15) is 10.9 Å². The number of hydrogen-bond acceptors (Lipinski definition) is 7. The van der Waals surface area contributed by atoms with Crippen LogP contribution in [0.5, 0.6) is 5.75 Å². The van der Waals surface area contributed by atoms with Crippen LogP contribution in [0.4, 0.5) is 0 Å². The van der Waals surface area contributed by atoms with E-state index in [9.17, 15) is 21.6 Å². The van der Waals surface area contributed by atoms with Crippen molar-refractivity contribution < 1.29 is 25.8 Å². The van der Waals surface area contributed by atoms with E-state index in [1.807, 2.05) is 13.8 Å². The van der Waals surface area contributed by atoms with E-state index in [0.717, 1.165) is 11.1 Å². The maximum atomic E-state index is 12.8. The molecule has 0 fully saturated rings. The minimum Gasteiger partial charge on any atom is -0.378 e. The molecule has 3 aromatic rings. The zero-order valence-electron chi connectivity index (χ0n) is 21.2. The second-order valence-electron chi connectivity index (χ2n) is 8.92. The molecule has 0 saturated carbocycles. The molecule has 1 amide bonds. The molecule has 0 aliphatic rings. The van der Waals surface area contributed by atoms with E-state index >= 15 is 0 Å². The van der Waals surface area contributed by atoms with Crippen molar-refractivity contribution in [2.45, 2.75) is 43.5 Å². The molecule has 0 unspecified atom stereocenters. The first-order valence-corrected chi connectivity index (χ1v) is 15.2. The molecular formula is C26H28BrN3O6S2. The maximum absolute atomic E-state index is 12.8. The predicted molar refractivity (Wildman–Crippen MR) is 149 cm³/mol. The largest absolute Gasteiger partial charge is 0.378 e. The molecule has 0 radical (unpaired) electrons. The monoisotopic (exact) mass is 621 g/mol. The number of carbonyl (C=O) groups is 1. The lowest BCUT2D eigenvalue weighted by Crippen LogP contribution is -2.48. The molecule has 3 aromatic carbocycles. The summed E-state index contributed by atoms with van der Waals surface area (Å²) < 4.78 is 59.5. The van der Waals surface area contributed by atoms with Gasteiger partial charge >= 0.3 is 10.1 Å². The Hall–Kier alpha value is -3.06. The fraction of sp³-hybridized carbons (Fsp3) is 0.231. The van der Waals surface area contributed by atoms with Crippen molar-refractivity contribution in [1.82, 2.24) is 10.1 Å². The molecular weight excluding hydrogens is 594 g/mol. The zero-order chi connectivity index (χ0) is 28.1. The molecule has 0 aliphatic heterocycles. The van der Waals surface area contributed by atoms with Gasteiger partial charge in [0.05, 0.1) is 11.1 Å². The second-order valence-corrected chi connectivity index (χ2v) is 13.1. The number of nitrogens with zero attached hydrogens (tertiary/aromatic N) is 1. The summed E-state index contributed by atoms with van der Waals surface area (Å²) in [5, 5.41) is 3.92. The summed E-state index contributed by atoms with van der Waals surface area (Å²) in [5.41, 5.74) is 4.39. The van der Waals surface area contributed by atoms with Gasteiger partial charge < -0.3 is 4.18 Å². The number of hydrogen-bond donors (Lipinski definition) is 2. The second kappa shape index (κ2) is 12.2. The molecule has 0 bridgehead atoms. The Morgan fingerprint density at radius 2 is 1.45 bits per heavy atom. The molecule has 0 spiro atoms. The SMILES string of the molecule is Cc1ccc(S(=O)(=O)N[C@@H](C(=O)N/N=C\c2cc(Br)ccc2OS(=O)(=O)c2ccc(C)cc2)C(C)C)cc1. The van der Waals surface area contributed by atoms with Gasteiger partial charge in [-0.25, -0.2) is 13.8 Å². The zero-order valence-corrected chi connectivity index (χ0v) is 24.4. The van der Waals surface area contributed by atoms with E-state index in [-0.39, 0.29) is 21.1 Å². The fourth-order valence-electron chi connectivity index (χ4n) is 3.25. The topological polar surface area (TPSA) is 131 Å². The molecule has 202 valence electrons. The van der Waals surface area contributed by atoms with Crippen molar-refractivity contribution in [2.24, 2.45) is 11.0 Å². The Balaban J connectivity index is 1.77. The van der Waals surface area contributed by atoms with Gasteiger partial charge in [-0.05, 0) is 62.2 Å². The van der Waals surface area contributed by atoms with Crippen LogP contribution in [-0.2, 0) is 24.9 Å². The molecule has 0 aromatic heterocycles. The summed E-state index contributed by atoms with van der Waals surface area (Å²) in [5.74, 6) is -1.08. The summed E-state index contributed by atoms with van der Waals surface area (Å²) in [6, 6.07) is 16.0. The third kappa shape index (κ3) is 7.73. The molecule has 3 rings (SSSR count). The van der Waals surface area contributed by atoms with Crippen LogP contribution in [0.1, 0.15) is 30.5 Å². The Labute approximate surface area is 231 Å². The van der Waals surface area contributed by atoms with Crippen LogP contribution in [-0.4, -0.2) is 35.0 Å². The summed E-state index contributed by atoms with van der Waals surface area (Å²) in [7, 11) is -8.08. The number of nitrogens with one attached hydrogen (secondary N) is 2. The number of hydrazone groups is 1. The van der Waals surface area contributed by atoms with E-state index < -0.39 is 38.0 Å². The molecule has 0 aliphatic carbocycles. The minimum atomic E-state index is -4.12. The summed E-state index contributed by atoms with van der Waals surface area (Å²) in [4.78, 5) is 12.9. The van der Waals surface area contributed by atoms with Crippen LogP contribution in [0.3, 0.4) is 0 Å². The van der Waals surface area contributed by atoms with Crippen LogP contribution in [0, 0.1) is 19.8 Å². The number of sulfonamides is 1. The third-order valence-electron chi connectivity index (χ3n) is 5.42. The molecule has 38 heavy (non-hydrogen) atoms. The van der Waals surface area contributed by atoms with Crippen molar-refractivity contribution in [2.75, 3.05) is 0 Å². The van der Waals surface area contributed by atoms with E-state index in [0.29, 0.717) is 4.47 Å². The van der Waals surface area contributed by atoms with Crippen LogP contribution >= 0.6 is 15.9 Å². The highest BCUT2D eigenvalue weighted by atomic mass is 79.9. The lowest BCUT2D eigenvalue weighted by atomic mass is 10.1. The minimum absolute atomic E-state index is 0.00717. The first-order chi connectivity index (χ1) is 17.8. The van der Waals surface area contributed by atoms with Gasteiger partial charge in [-0.2, -0.15) is 18.2 Å². The number of benzene rings is 3. The van der Waals surface area contributed by atoms with Crippen molar-refractivity contribution in [3.8, 4) is 5.75 Å². The van der Waals surface area contributed by atoms with Gasteiger partial charge in [0, 0.05) is 10.0 Å². The molecule has 0 heterocycles. The third-order valence-corrected chi connectivity index (χ3v) is 8.62. The first-order valence-electron chi connectivity index (χ1n) is 11.5. The Morgan fingerprint density at radius 1 is 0.895 bits per heavy atom. The number of halogens is 1. The van der Waals surface area contributed by atoms with E-state index in [4.69, 9.17) is 4.18 Å². The van der Waals surface area contributed by atoms with Crippen molar-refractivity contribution in [3.05, 3.63) is 87.9 Å². The molecule has 2 N–H and O–H groups in total. The highest BCUT2D eigenvalue weighted by Crippen LogP contribution is 2.25. The van der Waals surface area contributed by atoms with E-state index in [1.54, 1.807) is 50.2 Å². The summed E-state index contributed by atoms with van der Waals surface area (Å²) >= 11 is 3.32. The standard InChI is InChI=1S/C26H28BrN3O6S2/c1-17(2)25(30-37(32,33)22-10-5-18(3)6-11-22)26(31)29-28-16-20-15-21(27)9-14-24(20)36-38(34,35)23-12-7-19(4)8-13-23/h5-17,25,30H,1-4H3,(H,29,31)/b28-16-/t25-/m1/s1. The van der Waals surface area contributed by atoms with Gasteiger partial charge in [0.25, 0.3) is 5.91 Å². The highest BCUT2D eigenvalue weighted by molar-refractivity contribution is 9.10. The normalized spacial score (nSPS) is 13.0. The van der Waals surface area contributed by atoms with Gasteiger partial charge in [0.2, 0.25) is 10.0 Å². The Morgan fingerprint density at radius 3 is 2.00 bits per heavy atom. The molecule has 1 atom stereocenters. The number of amides is 1. The van der Waals surface area contributed by atoms with Gasteiger partial charge in [-0.3, -0.25) is 4.79 Å². The van der Waals surface area contributed by atoms with Crippen LogP contribution in [0.25, 0.3) is 0 Å². The maximum Gasteiger partial charge on any atom is 0.339 e. The van der Waals surface area contributed by atoms with Crippen molar-refractivity contribution in [3.63, 3.8) is 0 Å². The van der Waals surface area contributed by atoms with Gasteiger partial charge in [0.15, 0.2) is 5.75 Å². The number of aryl methyl sites for hydroxylation is 2. The van der Waals surface area contributed by atoms with Crippen molar-refractivity contribution in [1.29, 1.82) is 0 Å². The van der Waals surface area contributed by atoms with E-state index in [1.165, 1.54) is 36.5 Å². The summed E-state index contributed by atoms with van der Waals surface area (Å²) in [6.07, 6.45) is 1.22. The average molecular weight is 623 g/mol. The fourth-order valence-corrected chi connectivity index (χ4v) is 5.92. The number of rotatable bonds is 10. The first kappa shape index (κ1) is 29.5. The Bertz CT molecular complexity index is 1540. The summed E-state index contributed by atoms with van der Waals surface area (Å²) in [6.45, 7) is 7.07. The van der Waals surface area contributed by atoms with Crippen LogP contribution < -0.4 is 14.3 Å². The van der Waals surface area contributed by atoms with Crippen molar-refractivity contribution >= 4 is 48.2 Å². The lowest BCUT2D eigenvalue weighted by Gasteiger charge is -2.20. The van der Waals surface area contributed by atoms with E-state index in [2.05, 4.69) is 31.2 Å². The van der Waals surface area contributed by atoms with Crippen LogP contribution in [0.2, 0.25) is 0 Å². The number of carbonyl (C=O) groups excluding carboxylic acids is 1. The smallest absolute Gasteiger partial charge is 0.339 e. The predicted octanol–water partition coefficient (Wildman–Crippen LogP) is 4.29. The molecule has 9 nitrogen and oxygen atoms in total. The highest BCUT2D eigenvalue weighted by Gasteiger charge is 2.28. The molecule has 12 heteroatoms. The quantitative estimate of drug-likeness (QED) is 0.197. The molecule has 0 saturated heterocycles. The Kier molecular flexibility index (Phi) is 9.47. The van der Waals surface area contributed by atoms with Gasteiger partial charge in [-0.15, -0.1) is 0 Å². The average Bonchev–Trinajstić information content (AvgIpc) is 2.84. The van der Waals surface area contributed by atoms with Crippen LogP contribution in [0.15, 0.2) is 86.1 Å². The van der Waals surface area contributed by atoms with Gasteiger partial charge in [-0.1, -0.05) is 65.2 Å².